The minimum atomic E-state index is -0.263. The predicted octanol–water partition coefficient (Wildman–Crippen LogP) is 21.3. The lowest BCUT2D eigenvalue weighted by Crippen LogP contribution is -2.28. The number of unbranched alkanes of at least 4 members (excludes halogenated alkanes) is 3. The Bertz CT molecular complexity index is 1370. The highest BCUT2D eigenvalue weighted by Crippen LogP contribution is 2.56. The van der Waals surface area contributed by atoms with Gasteiger partial charge in [-0.05, 0) is 63.5 Å². The monoisotopic (exact) mass is 827 g/mol. The molecule has 0 amide bonds. The minimum Gasteiger partial charge on any atom is -0.0776 e. The van der Waals surface area contributed by atoms with Gasteiger partial charge in [-0.15, -0.1) is 0 Å². The molecule has 0 aromatic heterocycles. The Balaban J connectivity index is -0.000000244. The van der Waals surface area contributed by atoms with Crippen molar-refractivity contribution in [3.8, 4) is 11.1 Å². The Morgan fingerprint density at radius 2 is 0.767 bits per heavy atom. The van der Waals surface area contributed by atoms with Gasteiger partial charge in [0.05, 0.1) is 5.41 Å². The molecule has 0 heterocycles. The second kappa shape index (κ2) is 41.2. The van der Waals surface area contributed by atoms with Crippen LogP contribution in [0.3, 0.4) is 0 Å². The van der Waals surface area contributed by atoms with Crippen molar-refractivity contribution in [3.05, 3.63) is 131 Å². The third-order valence-electron chi connectivity index (χ3n) is 8.45. The average Bonchev–Trinajstić information content (AvgIpc) is 3.50. The van der Waals surface area contributed by atoms with Crippen molar-refractivity contribution in [1.29, 1.82) is 0 Å². The van der Waals surface area contributed by atoms with Gasteiger partial charge in [0.1, 0.15) is 0 Å². The summed E-state index contributed by atoms with van der Waals surface area (Å²) >= 11 is 0. The first-order valence-electron chi connectivity index (χ1n) is 24.2. The van der Waals surface area contributed by atoms with Crippen molar-refractivity contribution >= 4 is 0 Å². The molecule has 0 radical (unpaired) electrons. The Hall–Kier alpha value is -3.12. The van der Waals surface area contributed by atoms with E-state index in [-0.39, 0.29) is 12.8 Å². The molecular formula is C60H106. The molecule has 60 heavy (non-hydrogen) atoms. The number of aryl methyl sites for hydroxylation is 1. The SMILES string of the molecule is C.CC.CC(C)(C)C.CC(C)C.CCC.CCC(C)C.CCC(C)C.CCCC.CCCCC.Cc1ccc2c(c1)C(c1ccccc1)(c1ccccc1)c1ccccc1-2. The molecule has 1 aliphatic rings. The van der Waals surface area contributed by atoms with Crippen LogP contribution in [0, 0.1) is 30.1 Å². The summed E-state index contributed by atoms with van der Waals surface area (Å²) in [7, 11) is 0. The maximum Gasteiger partial charge on any atom is 0.0713 e. The second-order valence-electron chi connectivity index (χ2n) is 18.5. The molecule has 346 valence electrons. The fourth-order valence-electron chi connectivity index (χ4n) is 4.91. The molecular weight excluding hydrogens is 721 g/mol. The van der Waals surface area contributed by atoms with Gasteiger partial charge in [-0.3, -0.25) is 0 Å². The fourth-order valence-corrected chi connectivity index (χ4v) is 4.91. The second-order valence-corrected chi connectivity index (χ2v) is 18.5. The van der Waals surface area contributed by atoms with Gasteiger partial charge in [0.2, 0.25) is 0 Å². The van der Waals surface area contributed by atoms with Crippen LogP contribution in [0.25, 0.3) is 11.1 Å². The van der Waals surface area contributed by atoms with E-state index in [4.69, 9.17) is 0 Å². The van der Waals surface area contributed by atoms with Crippen LogP contribution in [0.5, 0.6) is 0 Å². The third kappa shape index (κ3) is 30.8. The average molecular weight is 828 g/mol. The standard InChI is InChI=1S/C26H20.4C5H12.2C4H10.C3H8.C2H6.CH4/c1-19-16-17-23-22-14-8-9-15-24(22)26(25(23)18-19,20-10-4-2-5-11-20)21-12-6-3-7-13-21;1-5(2,3)4;2*1-4-5(2)3;1-3-5-4-2;1-4(2)3;1-3-4-2;1-3-2;1-2;/h2-18H,1H3;1-4H3;2*5H,4H2,1-3H3;3-5H2,1-2H3;4H,1-3H3;3-4H2,1-2H3;3H2,1-2H3;1-2H3;1H4. The van der Waals surface area contributed by atoms with Gasteiger partial charge < -0.3 is 0 Å². The lowest BCUT2D eigenvalue weighted by Gasteiger charge is -2.34. The molecule has 0 unspecified atom stereocenters. The number of benzene rings is 4. The molecule has 4 aromatic rings. The number of hydrogen-bond acceptors (Lipinski definition) is 0. The normalized spacial score (nSPS) is 10.8. The molecule has 0 spiro atoms. The summed E-state index contributed by atoms with van der Waals surface area (Å²) in [5.41, 5.74) is 9.63. The van der Waals surface area contributed by atoms with Gasteiger partial charge in [-0.1, -0.05) is 313 Å². The van der Waals surface area contributed by atoms with E-state index in [1.165, 1.54) is 90.3 Å². The van der Waals surface area contributed by atoms with Gasteiger partial charge >= 0.3 is 0 Å². The molecule has 1 aliphatic carbocycles. The number of rotatable bonds is 7. The van der Waals surface area contributed by atoms with E-state index in [1.807, 2.05) is 13.8 Å². The molecule has 0 N–H and O–H groups in total. The van der Waals surface area contributed by atoms with Gasteiger partial charge in [0, 0.05) is 0 Å². The van der Waals surface area contributed by atoms with Crippen molar-refractivity contribution in [2.75, 3.05) is 0 Å². The summed E-state index contributed by atoms with van der Waals surface area (Å²) in [5.74, 6) is 2.60. The van der Waals surface area contributed by atoms with E-state index < -0.39 is 0 Å². The van der Waals surface area contributed by atoms with Crippen LogP contribution in [0.15, 0.2) is 103 Å². The molecule has 0 nitrogen and oxygen atoms in total. The van der Waals surface area contributed by atoms with E-state index >= 15 is 0 Å². The largest absolute Gasteiger partial charge is 0.0776 e. The first-order valence-corrected chi connectivity index (χ1v) is 24.2. The Morgan fingerprint density at radius 3 is 1.05 bits per heavy atom. The highest BCUT2D eigenvalue weighted by Gasteiger charge is 2.45. The van der Waals surface area contributed by atoms with E-state index in [2.05, 4.69) is 242 Å². The van der Waals surface area contributed by atoms with Crippen molar-refractivity contribution in [2.24, 2.45) is 23.2 Å². The smallest absolute Gasteiger partial charge is 0.0713 e. The summed E-state index contributed by atoms with van der Waals surface area (Å²) in [6.45, 7) is 47.8. The highest BCUT2D eigenvalue weighted by molar-refractivity contribution is 5.86. The lowest BCUT2D eigenvalue weighted by molar-refractivity contribution is 0.469. The molecule has 5 rings (SSSR count). The summed E-state index contributed by atoms with van der Waals surface area (Å²) in [6, 6.07) is 37.6. The van der Waals surface area contributed by atoms with Crippen molar-refractivity contribution in [3.63, 3.8) is 0 Å². The Morgan fingerprint density at radius 1 is 0.467 bits per heavy atom. The zero-order valence-corrected chi connectivity index (χ0v) is 43.7. The summed E-state index contributed by atoms with van der Waals surface area (Å²) < 4.78 is 0. The van der Waals surface area contributed by atoms with Gasteiger partial charge in [-0.25, -0.2) is 0 Å². The molecule has 0 aliphatic heterocycles. The summed E-state index contributed by atoms with van der Waals surface area (Å²) in [6.07, 6.45) is 10.6. The molecule has 0 fully saturated rings. The van der Waals surface area contributed by atoms with E-state index in [0.29, 0.717) is 5.41 Å². The topological polar surface area (TPSA) is 0 Å². The molecule has 0 saturated heterocycles. The van der Waals surface area contributed by atoms with Crippen LogP contribution in [0.1, 0.15) is 232 Å². The quantitative estimate of drug-likeness (QED) is 0.153. The number of fused-ring (bicyclic) bond motifs is 3. The molecule has 0 bridgehead atoms. The van der Waals surface area contributed by atoms with Crippen molar-refractivity contribution in [2.45, 2.75) is 217 Å². The minimum absolute atomic E-state index is 0. The van der Waals surface area contributed by atoms with Crippen molar-refractivity contribution in [1.82, 2.24) is 0 Å². The van der Waals surface area contributed by atoms with Crippen LogP contribution < -0.4 is 0 Å². The maximum atomic E-state index is 2.37. The van der Waals surface area contributed by atoms with Crippen molar-refractivity contribution < 1.29 is 0 Å². The Kier molecular flexibility index (Phi) is 45.4. The molecule has 0 heteroatoms. The molecule has 0 saturated carbocycles. The predicted molar refractivity (Wildman–Crippen MR) is 284 cm³/mol. The van der Waals surface area contributed by atoms with E-state index in [9.17, 15) is 0 Å². The summed E-state index contributed by atoms with van der Waals surface area (Å²) in [4.78, 5) is 0. The van der Waals surface area contributed by atoms with Crippen LogP contribution in [0.2, 0.25) is 0 Å². The first kappa shape index (κ1) is 66.0. The van der Waals surface area contributed by atoms with Gasteiger partial charge in [0.25, 0.3) is 0 Å². The Labute approximate surface area is 380 Å². The first-order chi connectivity index (χ1) is 27.8. The van der Waals surface area contributed by atoms with Gasteiger partial charge in [-0.2, -0.15) is 0 Å². The third-order valence-corrected chi connectivity index (χ3v) is 8.45. The zero-order valence-electron chi connectivity index (χ0n) is 43.7. The zero-order chi connectivity index (χ0) is 46.5. The molecule has 0 atom stereocenters. The van der Waals surface area contributed by atoms with Crippen LogP contribution >= 0.6 is 0 Å². The summed E-state index contributed by atoms with van der Waals surface area (Å²) in [5, 5.41) is 0. The fraction of sp³-hybridized carbons (Fsp3) is 0.600. The van der Waals surface area contributed by atoms with Crippen LogP contribution in [0.4, 0.5) is 0 Å². The maximum absolute atomic E-state index is 2.37. The van der Waals surface area contributed by atoms with Crippen LogP contribution in [-0.4, -0.2) is 0 Å². The van der Waals surface area contributed by atoms with Gasteiger partial charge in [0.15, 0.2) is 0 Å². The number of hydrogen-bond donors (Lipinski definition) is 0. The van der Waals surface area contributed by atoms with E-state index in [0.717, 1.165) is 17.8 Å². The lowest BCUT2D eigenvalue weighted by atomic mass is 9.67. The van der Waals surface area contributed by atoms with E-state index in [1.54, 1.807) is 0 Å². The molecule has 4 aromatic carbocycles. The highest BCUT2D eigenvalue weighted by atomic mass is 14.5. The van der Waals surface area contributed by atoms with Crippen LogP contribution in [-0.2, 0) is 5.41 Å².